The van der Waals surface area contributed by atoms with E-state index in [0.717, 1.165) is 42.6 Å². The summed E-state index contributed by atoms with van der Waals surface area (Å²) in [5, 5.41) is 8.01. The van der Waals surface area contributed by atoms with E-state index in [1.807, 2.05) is 29.2 Å². The first-order valence-electron chi connectivity index (χ1n) is 8.29. The molecule has 0 bridgehead atoms. The van der Waals surface area contributed by atoms with Crippen LogP contribution in [0.4, 0.5) is 5.69 Å². The maximum atomic E-state index is 12.6. The zero-order chi connectivity index (χ0) is 16.4. The molecule has 1 aliphatic rings. The molecule has 2 heterocycles. The van der Waals surface area contributed by atoms with Gasteiger partial charge in [0.15, 0.2) is 0 Å². The van der Waals surface area contributed by atoms with Gasteiger partial charge >= 0.3 is 0 Å². The van der Waals surface area contributed by atoms with Crippen molar-refractivity contribution >= 4 is 22.5 Å². The summed E-state index contributed by atoms with van der Waals surface area (Å²) in [7, 11) is 0. The molecule has 0 spiro atoms. The molecular formula is C19H20N4O. The topological polar surface area (TPSA) is 52.2 Å². The van der Waals surface area contributed by atoms with Gasteiger partial charge in [-0.2, -0.15) is 5.10 Å². The molecular weight excluding hydrogens is 300 g/mol. The molecule has 1 fully saturated rings. The molecule has 2 aromatic carbocycles. The summed E-state index contributed by atoms with van der Waals surface area (Å²) >= 11 is 0. The van der Waals surface area contributed by atoms with Gasteiger partial charge in [0.25, 0.3) is 0 Å². The first-order chi connectivity index (χ1) is 11.8. The summed E-state index contributed by atoms with van der Waals surface area (Å²) in [4.78, 5) is 16.9. The van der Waals surface area contributed by atoms with Crippen LogP contribution in [0.15, 0.2) is 54.7 Å². The van der Waals surface area contributed by atoms with E-state index in [0.29, 0.717) is 6.42 Å². The number of hydrogen-bond acceptors (Lipinski definition) is 3. The fourth-order valence-corrected chi connectivity index (χ4v) is 3.24. The van der Waals surface area contributed by atoms with Gasteiger partial charge in [0.2, 0.25) is 5.91 Å². The normalized spacial score (nSPS) is 15.0. The van der Waals surface area contributed by atoms with Gasteiger partial charge in [-0.3, -0.25) is 9.89 Å². The van der Waals surface area contributed by atoms with Crippen LogP contribution in [-0.2, 0) is 11.2 Å². The minimum atomic E-state index is 0.200. The van der Waals surface area contributed by atoms with Crippen molar-refractivity contribution in [1.82, 2.24) is 15.1 Å². The lowest BCUT2D eigenvalue weighted by molar-refractivity contribution is -0.130. The molecule has 5 nitrogen and oxygen atoms in total. The average Bonchev–Trinajstić information content (AvgIpc) is 3.10. The lowest BCUT2D eigenvalue weighted by Crippen LogP contribution is -2.49. The Labute approximate surface area is 140 Å². The van der Waals surface area contributed by atoms with Gasteiger partial charge < -0.3 is 9.80 Å². The Kier molecular flexibility index (Phi) is 3.91. The molecule has 0 aliphatic carbocycles. The summed E-state index contributed by atoms with van der Waals surface area (Å²) in [5.74, 6) is 0.200. The predicted molar refractivity (Wildman–Crippen MR) is 95.0 cm³/mol. The molecule has 122 valence electrons. The molecule has 4 rings (SSSR count). The summed E-state index contributed by atoms with van der Waals surface area (Å²) in [6.45, 7) is 3.33. The summed E-state index contributed by atoms with van der Waals surface area (Å²) < 4.78 is 0. The zero-order valence-electron chi connectivity index (χ0n) is 13.5. The first kappa shape index (κ1) is 14.8. The molecule has 3 aromatic rings. The number of aromatic amines is 1. The molecule has 24 heavy (non-hydrogen) atoms. The molecule has 1 N–H and O–H groups in total. The Morgan fingerprint density at radius 1 is 1.04 bits per heavy atom. The standard InChI is InChI=1S/C19H20N4O/c24-19(13-15-6-7-18-16(12-15)14-20-21-18)23-10-8-22(9-11-23)17-4-2-1-3-5-17/h1-7,12,14H,8-11,13H2,(H,20,21). The van der Waals surface area contributed by atoms with E-state index in [9.17, 15) is 4.79 Å². The van der Waals surface area contributed by atoms with Crippen LogP contribution in [0.5, 0.6) is 0 Å². The van der Waals surface area contributed by atoms with Gasteiger partial charge in [0.05, 0.1) is 18.1 Å². The number of amides is 1. The number of carbonyl (C=O) groups excluding carboxylic acids is 1. The molecule has 0 saturated carbocycles. The number of aromatic nitrogens is 2. The van der Waals surface area contributed by atoms with Crippen LogP contribution < -0.4 is 4.90 Å². The van der Waals surface area contributed by atoms with Gasteiger partial charge in [-0.05, 0) is 29.8 Å². The highest BCUT2D eigenvalue weighted by Gasteiger charge is 2.21. The number of nitrogens with zero attached hydrogens (tertiary/aromatic N) is 3. The van der Waals surface area contributed by atoms with Crippen LogP contribution >= 0.6 is 0 Å². The number of benzene rings is 2. The number of rotatable bonds is 3. The smallest absolute Gasteiger partial charge is 0.227 e. The van der Waals surface area contributed by atoms with Crippen molar-refractivity contribution in [3.05, 3.63) is 60.3 Å². The lowest BCUT2D eigenvalue weighted by atomic mass is 10.1. The maximum absolute atomic E-state index is 12.6. The second-order valence-corrected chi connectivity index (χ2v) is 6.17. The minimum Gasteiger partial charge on any atom is -0.368 e. The third-order valence-electron chi connectivity index (χ3n) is 4.61. The number of fused-ring (bicyclic) bond motifs is 1. The number of piperazine rings is 1. The van der Waals surface area contributed by atoms with Gasteiger partial charge in [-0.15, -0.1) is 0 Å². The van der Waals surface area contributed by atoms with Crippen molar-refractivity contribution in [2.75, 3.05) is 31.1 Å². The predicted octanol–water partition coefficient (Wildman–Crippen LogP) is 2.45. The van der Waals surface area contributed by atoms with Crippen molar-refractivity contribution in [3.8, 4) is 0 Å². The zero-order valence-corrected chi connectivity index (χ0v) is 13.5. The van der Waals surface area contributed by atoms with Crippen LogP contribution in [0, 0.1) is 0 Å². The van der Waals surface area contributed by atoms with Crippen LogP contribution in [0.1, 0.15) is 5.56 Å². The molecule has 1 amide bonds. The van der Waals surface area contributed by atoms with E-state index < -0.39 is 0 Å². The van der Waals surface area contributed by atoms with Crippen molar-refractivity contribution in [3.63, 3.8) is 0 Å². The van der Waals surface area contributed by atoms with E-state index in [4.69, 9.17) is 0 Å². The number of anilines is 1. The molecule has 5 heteroatoms. The van der Waals surface area contributed by atoms with Crippen LogP contribution in [0.2, 0.25) is 0 Å². The van der Waals surface area contributed by atoms with E-state index in [2.05, 4.69) is 39.4 Å². The Bertz CT molecular complexity index is 835. The summed E-state index contributed by atoms with van der Waals surface area (Å²) in [5.41, 5.74) is 3.28. The number of nitrogens with one attached hydrogen (secondary N) is 1. The molecule has 1 saturated heterocycles. The monoisotopic (exact) mass is 320 g/mol. The number of H-pyrrole nitrogens is 1. The fraction of sp³-hybridized carbons (Fsp3) is 0.263. The summed E-state index contributed by atoms with van der Waals surface area (Å²) in [6, 6.07) is 16.4. The van der Waals surface area contributed by atoms with Gasteiger partial charge in [0, 0.05) is 37.3 Å². The highest BCUT2D eigenvalue weighted by molar-refractivity contribution is 5.83. The fourth-order valence-electron chi connectivity index (χ4n) is 3.24. The van der Waals surface area contributed by atoms with Crippen molar-refractivity contribution in [2.45, 2.75) is 6.42 Å². The van der Waals surface area contributed by atoms with E-state index in [-0.39, 0.29) is 5.91 Å². The Balaban J connectivity index is 1.37. The molecule has 0 radical (unpaired) electrons. The molecule has 0 unspecified atom stereocenters. The second-order valence-electron chi connectivity index (χ2n) is 6.17. The quantitative estimate of drug-likeness (QED) is 0.806. The van der Waals surface area contributed by atoms with E-state index in [1.54, 1.807) is 6.20 Å². The number of hydrogen-bond donors (Lipinski definition) is 1. The van der Waals surface area contributed by atoms with E-state index in [1.165, 1.54) is 5.69 Å². The van der Waals surface area contributed by atoms with Crippen molar-refractivity contribution < 1.29 is 4.79 Å². The van der Waals surface area contributed by atoms with E-state index >= 15 is 0 Å². The Morgan fingerprint density at radius 2 is 1.83 bits per heavy atom. The lowest BCUT2D eigenvalue weighted by Gasteiger charge is -2.36. The first-order valence-corrected chi connectivity index (χ1v) is 8.29. The van der Waals surface area contributed by atoms with Crippen LogP contribution in [-0.4, -0.2) is 47.2 Å². The van der Waals surface area contributed by atoms with Crippen molar-refractivity contribution in [2.24, 2.45) is 0 Å². The van der Waals surface area contributed by atoms with Gasteiger partial charge in [-0.25, -0.2) is 0 Å². The number of carbonyl (C=O) groups is 1. The molecule has 1 aliphatic heterocycles. The third-order valence-corrected chi connectivity index (χ3v) is 4.61. The van der Waals surface area contributed by atoms with Crippen LogP contribution in [0.25, 0.3) is 10.9 Å². The minimum absolute atomic E-state index is 0.200. The highest BCUT2D eigenvalue weighted by Crippen LogP contribution is 2.17. The largest absolute Gasteiger partial charge is 0.368 e. The molecule has 0 atom stereocenters. The van der Waals surface area contributed by atoms with Gasteiger partial charge in [0.1, 0.15) is 0 Å². The van der Waals surface area contributed by atoms with Gasteiger partial charge in [-0.1, -0.05) is 24.3 Å². The van der Waals surface area contributed by atoms with Crippen LogP contribution in [0.3, 0.4) is 0 Å². The highest BCUT2D eigenvalue weighted by atomic mass is 16.2. The Morgan fingerprint density at radius 3 is 2.62 bits per heavy atom. The number of para-hydroxylation sites is 1. The van der Waals surface area contributed by atoms with Crippen molar-refractivity contribution in [1.29, 1.82) is 0 Å². The average molecular weight is 320 g/mol. The summed E-state index contributed by atoms with van der Waals surface area (Å²) in [6.07, 6.45) is 2.24. The third kappa shape index (κ3) is 2.97. The molecule has 1 aromatic heterocycles. The second kappa shape index (κ2) is 6.35. The maximum Gasteiger partial charge on any atom is 0.227 e. The Hall–Kier alpha value is -2.82. The SMILES string of the molecule is O=C(Cc1ccc2[nH]ncc2c1)N1CCN(c2ccccc2)CC1.